The highest BCUT2D eigenvalue weighted by molar-refractivity contribution is 5.18. The summed E-state index contributed by atoms with van der Waals surface area (Å²) >= 11 is 0. The molecule has 2 saturated heterocycles. The van der Waals surface area contributed by atoms with E-state index in [9.17, 15) is 0 Å². The molecule has 2 aliphatic rings. The Morgan fingerprint density at radius 3 is 3.25 bits per heavy atom. The van der Waals surface area contributed by atoms with Crippen molar-refractivity contribution in [2.45, 2.75) is 24.8 Å². The van der Waals surface area contributed by atoms with Gasteiger partial charge in [-0.05, 0) is 32.9 Å². The summed E-state index contributed by atoms with van der Waals surface area (Å²) in [6.45, 7) is 7.64. The lowest BCUT2D eigenvalue weighted by Gasteiger charge is -2.31. The fourth-order valence-corrected chi connectivity index (χ4v) is 2.82. The van der Waals surface area contributed by atoms with Crippen LogP contribution in [0.2, 0.25) is 0 Å². The third kappa shape index (κ3) is 1.10. The highest BCUT2D eigenvalue weighted by atomic mass is 15.3. The summed E-state index contributed by atoms with van der Waals surface area (Å²) in [5, 5.41) is 3.31. The van der Waals surface area contributed by atoms with Crippen LogP contribution in [0.5, 0.6) is 0 Å². The Morgan fingerprint density at radius 1 is 1.67 bits per heavy atom. The monoisotopic (exact) mass is 166 g/mol. The normalized spacial score (nSPS) is 35.9. The maximum absolute atomic E-state index is 4.09. The molecule has 2 fully saturated rings. The van der Waals surface area contributed by atoms with Gasteiger partial charge < -0.3 is 5.32 Å². The van der Waals surface area contributed by atoms with Gasteiger partial charge in [0, 0.05) is 18.6 Å². The Bertz CT molecular complexity index is 200. The van der Waals surface area contributed by atoms with Crippen molar-refractivity contribution in [2.75, 3.05) is 26.7 Å². The second-order valence-corrected chi connectivity index (χ2v) is 4.21. The highest BCUT2D eigenvalue weighted by Gasteiger charge is 2.44. The fraction of sp³-hybridized carbons (Fsp3) is 0.800. The van der Waals surface area contributed by atoms with E-state index in [1.807, 2.05) is 7.05 Å². The molecule has 0 aromatic rings. The minimum atomic E-state index is 0.450. The summed E-state index contributed by atoms with van der Waals surface area (Å²) in [7, 11) is 2.05. The van der Waals surface area contributed by atoms with Crippen LogP contribution in [0.4, 0.5) is 0 Å². The smallest absolute Gasteiger partial charge is 0.0375 e. The Labute approximate surface area is 74.6 Å². The molecule has 0 bridgehead atoms. The lowest BCUT2D eigenvalue weighted by molar-refractivity contribution is 0.193. The molecule has 0 aromatic heterocycles. The zero-order chi connectivity index (χ0) is 8.60. The van der Waals surface area contributed by atoms with Crippen molar-refractivity contribution in [3.05, 3.63) is 12.2 Å². The van der Waals surface area contributed by atoms with Crippen molar-refractivity contribution in [1.82, 2.24) is 10.2 Å². The van der Waals surface area contributed by atoms with Crippen molar-refractivity contribution in [1.29, 1.82) is 0 Å². The van der Waals surface area contributed by atoms with Gasteiger partial charge in [0.05, 0.1) is 0 Å². The quantitative estimate of drug-likeness (QED) is 0.616. The SMILES string of the molecule is C=C1CN2CCCC2(CNC)C1. The molecular weight excluding hydrogens is 148 g/mol. The largest absolute Gasteiger partial charge is 0.318 e. The molecule has 2 nitrogen and oxygen atoms in total. The van der Waals surface area contributed by atoms with E-state index in [1.165, 1.54) is 31.4 Å². The fourth-order valence-electron chi connectivity index (χ4n) is 2.82. The number of nitrogens with one attached hydrogen (secondary N) is 1. The van der Waals surface area contributed by atoms with E-state index in [1.54, 1.807) is 0 Å². The minimum Gasteiger partial charge on any atom is -0.318 e. The van der Waals surface area contributed by atoms with E-state index in [2.05, 4.69) is 16.8 Å². The molecular formula is C10H18N2. The van der Waals surface area contributed by atoms with Gasteiger partial charge in [-0.25, -0.2) is 0 Å². The lowest BCUT2D eigenvalue weighted by atomic mass is 9.93. The molecule has 0 aliphatic carbocycles. The third-order valence-electron chi connectivity index (χ3n) is 3.24. The average Bonchev–Trinajstić information content (AvgIpc) is 2.44. The molecule has 0 amide bonds. The van der Waals surface area contributed by atoms with Crippen molar-refractivity contribution in [2.24, 2.45) is 0 Å². The van der Waals surface area contributed by atoms with Gasteiger partial charge in [-0.2, -0.15) is 0 Å². The number of rotatable bonds is 2. The average molecular weight is 166 g/mol. The van der Waals surface area contributed by atoms with E-state index in [0.29, 0.717) is 5.54 Å². The van der Waals surface area contributed by atoms with Crippen molar-refractivity contribution in [3.63, 3.8) is 0 Å². The standard InChI is InChI=1S/C10H18N2/c1-9-6-10(8-11-2)4-3-5-12(10)7-9/h11H,1,3-8H2,2H3. The molecule has 2 heteroatoms. The van der Waals surface area contributed by atoms with Crippen LogP contribution in [-0.2, 0) is 0 Å². The van der Waals surface area contributed by atoms with Crippen LogP contribution in [0, 0.1) is 0 Å². The molecule has 1 N–H and O–H groups in total. The lowest BCUT2D eigenvalue weighted by Crippen LogP contribution is -2.45. The van der Waals surface area contributed by atoms with Gasteiger partial charge in [0.1, 0.15) is 0 Å². The Kier molecular flexibility index (Phi) is 1.97. The van der Waals surface area contributed by atoms with E-state index in [4.69, 9.17) is 0 Å². The summed E-state index contributed by atoms with van der Waals surface area (Å²) in [6.07, 6.45) is 3.94. The van der Waals surface area contributed by atoms with Gasteiger partial charge in [0.2, 0.25) is 0 Å². The molecule has 0 aromatic carbocycles. The van der Waals surface area contributed by atoms with E-state index < -0.39 is 0 Å². The first-order valence-corrected chi connectivity index (χ1v) is 4.83. The Hall–Kier alpha value is -0.340. The molecule has 0 radical (unpaired) electrons. The summed E-state index contributed by atoms with van der Waals surface area (Å²) < 4.78 is 0. The van der Waals surface area contributed by atoms with E-state index >= 15 is 0 Å². The van der Waals surface area contributed by atoms with Crippen molar-refractivity contribution >= 4 is 0 Å². The van der Waals surface area contributed by atoms with Gasteiger partial charge in [-0.1, -0.05) is 12.2 Å². The zero-order valence-corrected chi connectivity index (χ0v) is 7.90. The van der Waals surface area contributed by atoms with E-state index in [-0.39, 0.29) is 0 Å². The van der Waals surface area contributed by atoms with Gasteiger partial charge >= 0.3 is 0 Å². The number of fused-ring (bicyclic) bond motifs is 1. The van der Waals surface area contributed by atoms with E-state index in [0.717, 1.165) is 13.1 Å². The van der Waals surface area contributed by atoms with Crippen molar-refractivity contribution < 1.29 is 0 Å². The molecule has 0 saturated carbocycles. The summed E-state index contributed by atoms with van der Waals surface area (Å²) in [5.74, 6) is 0. The van der Waals surface area contributed by atoms with Crippen LogP contribution in [0.15, 0.2) is 12.2 Å². The van der Waals surface area contributed by atoms with Gasteiger partial charge in [-0.15, -0.1) is 0 Å². The molecule has 2 rings (SSSR count). The zero-order valence-electron chi connectivity index (χ0n) is 7.90. The highest BCUT2D eigenvalue weighted by Crippen LogP contribution is 2.39. The molecule has 2 heterocycles. The summed E-state index contributed by atoms with van der Waals surface area (Å²) in [6, 6.07) is 0. The van der Waals surface area contributed by atoms with Crippen LogP contribution in [0.25, 0.3) is 0 Å². The van der Waals surface area contributed by atoms with Crippen LogP contribution in [0.1, 0.15) is 19.3 Å². The van der Waals surface area contributed by atoms with Crippen LogP contribution in [0.3, 0.4) is 0 Å². The third-order valence-corrected chi connectivity index (χ3v) is 3.24. The first-order valence-electron chi connectivity index (χ1n) is 4.83. The first-order chi connectivity index (χ1) is 5.77. The maximum atomic E-state index is 4.09. The predicted molar refractivity (Wildman–Crippen MR) is 51.2 cm³/mol. The molecule has 68 valence electrons. The Morgan fingerprint density at radius 2 is 2.50 bits per heavy atom. The van der Waals surface area contributed by atoms with Crippen LogP contribution >= 0.6 is 0 Å². The van der Waals surface area contributed by atoms with Crippen LogP contribution < -0.4 is 5.32 Å². The predicted octanol–water partition coefficient (Wildman–Crippen LogP) is 1.00. The number of hydrogen-bond donors (Lipinski definition) is 1. The first kappa shape index (κ1) is 8.27. The number of hydrogen-bond acceptors (Lipinski definition) is 2. The maximum Gasteiger partial charge on any atom is 0.0375 e. The van der Waals surface area contributed by atoms with Gasteiger partial charge in [0.25, 0.3) is 0 Å². The molecule has 2 aliphatic heterocycles. The van der Waals surface area contributed by atoms with Gasteiger partial charge in [-0.3, -0.25) is 4.90 Å². The molecule has 12 heavy (non-hydrogen) atoms. The molecule has 0 spiro atoms. The number of likely N-dealkylation sites (N-methyl/N-ethyl adjacent to an activating group) is 1. The minimum absolute atomic E-state index is 0.450. The molecule has 1 unspecified atom stereocenters. The van der Waals surface area contributed by atoms with Crippen molar-refractivity contribution in [3.8, 4) is 0 Å². The summed E-state index contributed by atoms with van der Waals surface area (Å²) in [5.41, 5.74) is 1.87. The topological polar surface area (TPSA) is 15.3 Å². The molecule has 1 atom stereocenters. The number of nitrogens with zero attached hydrogens (tertiary/aromatic N) is 1. The van der Waals surface area contributed by atoms with Gasteiger partial charge in [0.15, 0.2) is 0 Å². The Balaban J connectivity index is 2.14. The second-order valence-electron chi connectivity index (χ2n) is 4.21. The second kappa shape index (κ2) is 2.86. The summed E-state index contributed by atoms with van der Waals surface area (Å²) in [4.78, 5) is 2.60. The van der Waals surface area contributed by atoms with Crippen LogP contribution in [-0.4, -0.2) is 37.1 Å².